The van der Waals surface area contributed by atoms with Gasteiger partial charge in [-0.25, -0.2) is 4.99 Å². The van der Waals surface area contributed by atoms with Crippen molar-refractivity contribution < 1.29 is 13.5 Å². The Morgan fingerprint density at radius 2 is 2.12 bits per heavy atom. The van der Waals surface area contributed by atoms with Gasteiger partial charge in [-0.15, -0.1) is 24.0 Å². The molecule has 0 aliphatic rings. The third kappa shape index (κ3) is 7.14. The summed E-state index contributed by atoms with van der Waals surface area (Å²) in [6, 6.07) is 5.11. The molecular weight excluding hydrogens is 455 g/mol. The van der Waals surface area contributed by atoms with Crippen LogP contribution < -0.4 is 15.4 Å². The molecule has 0 fully saturated rings. The van der Waals surface area contributed by atoms with Gasteiger partial charge in [-0.3, -0.25) is 4.68 Å². The number of hydrogen-bond acceptors (Lipinski definition) is 3. The first-order chi connectivity index (χ1) is 12.0. The predicted molar refractivity (Wildman–Crippen MR) is 108 cm³/mol. The zero-order valence-electron chi connectivity index (χ0n) is 15.0. The summed E-state index contributed by atoms with van der Waals surface area (Å²) in [6.45, 7) is 2.48. The minimum atomic E-state index is -2.85. The van der Waals surface area contributed by atoms with Gasteiger partial charge in [-0.2, -0.15) is 13.9 Å². The number of alkyl halides is 2. The molecule has 0 aliphatic carbocycles. The number of rotatable bonds is 7. The van der Waals surface area contributed by atoms with E-state index >= 15 is 0 Å². The third-order valence-corrected chi connectivity index (χ3v) is 3.40. The van der Waals surface area contributed by atoms with Crippen molar-refractivity contribution in [2.75, 3.05) is 6.54 Å². The molecule has 6 nitrogen and oxygen atoms in total. The van der Waals surface area contributed by atoms with Crippen LogP contribution in [0.3, 0.4) is 0 Å². The first-order valence-corrected chi connectivity index (χ1v) is 8.02. The average Bonchev–Trinajstić information content (AvgIpc) is 2.97. The van der Waals surface area contributed by atoms with Crippen LogP contribution in [0.4, 0.5) is 8.78 Å². The van der Waals surface area contributed by atoms with Crippen molar-refractivity contribution in [3.8, 4) is 5.75 Å². The number of aryl methyl sites for hydroxylation is 2. The molecule has 0 amide bonds. The lowest BCUT2D eigenvalue weighted by atomic mass is 10.1. The van der Waals surface area contributed by atoms with Crippen LogP contribution in [0.15, 0.2) is 35.6 Å². The van der Waals surface area contributed by atoms with E-state index in [0.29, 0.717) is 31.2 Å². The number of guanidine groups is 1. The standard InChI is InChI=1S/C17H23F2N5O.HI/c1-4-20-17(21-8-13-9-23-24(3)11-13)22-10-14-7-12(2)5-6-15(14)25-16(18)19;/h5-7,9,11,16H,4,8,10H2,1-3H3,(H2,20,21,22);1H. The van der Waals surface area contributed by atoms with Crippen molar-refractivity contribution in [3.63, 3.8) is 0 Å². The zero-order valence-corrected chi connectivity index (χ0v) is 17.3. The molecule has 0 radical (unpaired) electrons. The molecule has 0 saturated heterocycles. The molecule has 1 aromatic carbocycles. The summed E-state index contributed by atoms with van der Waals surface area (Å²) in [5.74, 6) is 0.757. The molecule has 0 aliphatic heterocycles. The quantitative estimate of drug-likeness (QED) is 0.364. The van der Waals surface area contributed by atoms with Crippen molar-refractivity contribution >= 4 is 29.9 Å². The van der Waals surface area contributed by atoms with Gasteiger partial charge in [0.15, 0.2) is 5.96 Å². The second kappa shape index (κ2) is 10.9. The van der Waals surface area contributed by atoms with Gasteiger partial charge in [0.1, 0.15) is 5.75 Å². The highest BCUT2D eigenvalue weighted by atomic mass is 127. The second-order valence-electron chi connectivity index (χ2n) is 5.56. The molecule has 144 valence electrons. The highest BCUT2D eigenvalue weighted by molar-refractivity contribution is 14.0. The number of aliphatic imine (C=N–C) groups is 1. The van der Waals surface area contributed by atoms with Gasteiger partial charge in [0.25, 0.3) is 0 Å². The Kier molecular flexibility index (Phi) is 9.31. The summed E-state index contributed by atoms with van der Waals surface area (Å²) in [5.41, 5.74) is 2.60. The van der Waals surface area contributed by atoms with Gasteiger partial charge in [0.05, 0.1) is 12.7 Å². The topological polar surface area (TPSA) is 63.5 Å². The SMILES string of the molecule is CCNC(=NCc1cnn(C)c1)NCc1cc(C)ccc1OC(F)F.I. The summed E-state index contributed by atoms with van der Waals surface area (Å²) in [7, 11) is 1.85. The van der Waals surface area contributed by atoms with Crippen LogP contribution in [0.2, 0.25) is 0 Å². The van der Waals surface area contributed by atoms with Crippen LogP contribution in [0.5, 0.6) is 5.75 Å². The Hall–Kier alpha value is -1.91. The van der Waals surface area contributed by atoms with Crippen molar-refractivity contribution in [2.24, 2.45) is 12.0 Å². The van der Waals surface area contributed by atoms with E-state index in [1.54, 1.807) is 23.0 Å². The van der Waals surface area contributed by atoms with Gasteiger partial charge in [-0.05, 0) is 19.9 Å². The van der Waals surface area contributed by atoms with Crippen LogP contribution in [0.25, 0.3) is 0 Å². The van der Waals surface area contributed by atoms with Gasteiger partial charge in [0.2, 0.25) is 0 Å². The monoisotopic (exact) mass is 479 g/mol. The average molecular weight is 479 g/mol. The molecule has 2 N–H and O–H groups in total. The molecule has 2 rings (SSSR count). The summed E-state index contributed by atoms with van der Waals surface area (Å²) in [5, 5.41) is 10.4. The summed E-state index contributed by atoms with van der Waals surface area (Å²) >= 11 is 0. The lowest BCUT2D eigenvalue weighted by Crippen LogP contribution is -2.36. The lowest BCUT2D eigenvalue weighted by Gasteiger charge is -2.15. The largest absolute Gasteiger partial charge is 0.434 e. The number of ether oxygens (including phenoxy) is 1. The third-order valence-electron chi connectivity index (χ3n) is 3.40. The van der Waals surface area contributed by atoms with Crippen LogP contribution >= 0.6 is 24.0 Å². The highest BCUT2D eigenvalue weighted by Gasteiger charge is 2.10. The highest BCUT2D eigenvalue weighted by Crippen LogP contribution is 2.21. The molecule has 0 atom stereocenters. The minimum absolute atomic E-state index is 0. The summed E-state index contributed by atoms with van der Waals surface area (Å²) in [6.07, 6.45) is 3.64. The van der Waals surface area contributed by atoms with Gasteiger partial charge in [0, 0.05) is 37.5 Å². The number of nitrogens with zero attached hydrogens (tertiary/aromatic N) is 3. The molecular formula is C17H24F2IN5O. The van der Waals surface area contributed by atoms with Gasteiger partial charge >= 0.3 is 6.61 Å². The molecule has 2 aromatic rings. The molecule has 1 aromatic heterocycles. The predicted octanol–water partition coefficient (Wildman–Crippen LogP) is 3.20. The number of hydrogen-bond donors (Lipinski definition) is 2. The number of nitrogens with one attached hydrogen (secondary N) is 2. The maximum atomic E-state index is 12.5. The lowest BCUT2D eigenvalue weighted by molar-refractivity contribution is -0.0504. The Morgan fingerprint density at radius 1 is 1.35 bits per heavy atom. The van der Waals surface area contributed by atoms with Crippen LogP contribution in [0.1, 0.15) is 23.6 Å². The fraction of sp³-hybridized carbons (Fsp3) is 0.412. The van der Waals surface area contributed by atoms with Gasteiger partial charge < -0.3 is 15.4 Å². The van der Waals surface area contributed by atoms with Crippen LogP contribution in [-0.4, -0.2) is 28.9 Å². The molecule has 1 heterocycles. The minimum Gasteiger partial charge on any atom is -0.434 e. The first kappa shape index (κ1) is 22.1. The number of halogens is 3. The van der Waals surface area contributed by atoms with E-state index in [1.165, 1.54) is 0 Å². The molecule has 0 saturated carbocycles. The van der Waals surface area contributed by atoms with Crippen LogP contribution in [-0.2, 0) is 20.1 Å². The van der Waals surface area contributed by atoms with Crippen molar-refractivity contribution in [2.45, 2.75) is 33.5 Å². The first-order valence-electron chi connectivity index (χ1n) is 8.02. The fourth-order valence-electron chi connectivity index (χ4n) is 2.30. The Labute approximate surface area is 169 Å². The summed E-state index contributed by atoms with van der Waals surface area (Å²) < 4.78 is 31.4. The van der Waals surface area contributed by atoms with E-state index in [2.05, 4.69) is 25.5 Å². The van der Waals surface area contributed by atoms with Crippen molar-refractivity contribution in [3.05, 3.63) is 47.3 Å². The zero-order chi connectivity index (χ0) is 18.2. The fourth-order valence-corrected chi connectivity index (χ4v) is 2.30. The van der Waals surface area contributed by atoms with E-state index in [9.17, 15) is 8.78 Å². The Balaban J connectivity index is 0.00000338. The van der Waals surface area contributed by atoms with E-state index in [0.717, 1.165) is 11.1 Å². The maximum absolute atomic E-state index is 12.5. The number of aromatic nitrogens is 2. The molecule has 0 spiro atoms. The second-order valence-corrected chi connectivity index (χ2v) is 5.56. The molecule has 0 unspecified atom stereocenters. The summed E-state index contributed by atoms with van der Waals surface area (Å²) in [4.78, 5) is 4.48. The van der Waals surface area contributed by atoms with E-state index in [1.807, 2.05) is 33.2 Å². The van der Waals surface area contributed by atoms with Crippen LogP contribution in [0, 0.1) is 6.92 Å². The van der Waals surface area contributed by atoms with E-state index in [4.69, 9.17) is 0 Å². The van der Waals surface area contributed by atoms with E-state index in [-0.39, 0.29) is 29.7 Å². The van der Waals surface area contributed by atoms with Crippen molar-refractivity contribution in [1.29, 1.82) is 0 Å². The van der Waals surface area contributed by atoms with E-state index < -0.39 is 6.61 Å². The smallest absolute Gasteiger partial charge is 0.387 e. The molecule has 9 heteroatoms. The van der Waals surface area contributed by atoms with Gasteiger partial charge in [-0.1, -0.05) is 17.7 Å². The number of benzene rings is 1. The maximum Gasteiger partial charge on any atom is 0.387 e. The molecule has 26 heavy (non-hydrogen) atoms. The van der Waals surface area contributed by atoms with Crippen molar-refractivity contribution in [1.82, 2.24) is 20.4 Å². The molecule has 0 bridgehead atoms. The normalized spacial score (nSPS) is 11.2. The Bertz CT molecular complexity index is 721. The Morgan fingerprint density at radius 3 is 2.73 bits per heavy atom.